The molecule has 32 heavy (non-hydrogen) atoms. The zero-order valence-electron chi connectivity index (χ0n) is 18.9. The van der Waals surface area contributed by atoms with Crippen molar-refractivity contribution in [1.82, 2.24) is 10.2 Å². The van der Waals surface area contributed by atoms with Gasteiger partial charge in [0.15, 0.2) is 0 Å². The van der Waals surface area contributed by atoms with E-state index in [4.69, 9.17) is 15.2 Å². The van der Waals surface area contributed by atoms with Gasteiger partial charge in [-0.25, -0.2) is 0 Å². The van der Waals surface area contributed by atoms with Crippen molar-refractivity contribution in [2.24, 2.45) is 11.7 Å². The summed E-state index contributed by atoms with van der Waals surface area (Å²) in [6.07, 6.45) is 0.474. The maximum Gasteiger partial charge on any atom is 0.245 e. The van der Waals surface area contributed by atoms with Crippen LogP contribution in [0.3, 0.4) is 0 Å². The number of nitrogens with one attached hydrogen (secondary N) is 1. The van der Waals surface area contributed by atoms with Crippen LogP contribution in [0.25, 0.3) is 0 Å². The molecule has 0 bridgehead atoms. The zero-order chi connectivity index (χ0) is 23.1. The lowest BCUT2D eigenvalue weighted by Crippen LogP contribution is -2.55. The quantitative estimate of drug-likeness (QED) is 0.626. The number of rotatable bonds is 9. The predicted octanol–water partition coefficient (Wildman–Crippen LogP) is 2.60. The van der Waals surface area contributed by atoms with Gasteiger partial charge in [0.05, 0.1) is 18.6 Å². The van der Waals surface area contributed by atoms with E-state index in [1.807, 2.05) is 74.5 Å². The Morgan fingerprint density at radius 3 is 2.19 bits per heavy atom. The molecule has 1 heterocycles. The lowest BCUT2D eigenvalue weighted by Gasteiger charge is -2.31. The molecule has 0 aliphatic carbocycles. The Bertz CT molecular complexity index is 873. The Morgan fingerprint density at radius 1 is 1.03 bits per heavy atom. The number of benzene rings is 2. The molecule has 7 nitrogen and oxygen atoms in total. The number of carbonyl (C=O) groups excluding carboxylic acids is 2. The molecule has 172 valence electrons. The van der Waals surface area contributed by atoms with Crippen LogP contribution in [0, 0.1) is 5.92 Å². The van der Waals surface area contributed by atoms with Crippen molar-refractivity contribution in [3.63, 3.8) is 0 Å². The summed E-state index contributed by atoms with van der Waals surface area (Å²) in [5, 5.41) is 2.81. The summed E-state index contributed by atoms with van der Waals surface area (Å²) < 4.78 is 12.1. The largest absolute Gasteiger partial charge is 0.491 e. The Balaban J connectivity index is 1.75. The van der Waals surface area contributed by atoms with Gasteiger partial charge in [0.25, 0.3) is 0 Å². The number of carbonyl (C=O) groups is 2. The third kappa shape index (κ3) is 6.23. The van der Waals surface area contributed by atoms with Crippen molar-refractivity contribution < 1.29 is 19.1 Å². The van der Waals surface area contributed by atoms with Crippen molar-refractivity contribution in [2.75, 3.05) is 13.2 Å². The number of para-hydroxylation sites is 2. The van der Waals surface area contributed by atoms with Crippen molar-refractivity contribution >= 4 is 11.8 Å². The molecule has 7 heteroatoms. The fourth-order valence-electron chi connectivity index (χ4n) is 3.76. The minimum atomic E-state index is -0.686. The van der Waals surface area contributed by atoms with Crippen molar-refractivity contribution in [3.05, 3.63) is 60.7 Å². The van der Waals surface area contributed by atoms with E-state index in [1.165, 1.54) is 0 Å². The van der Waals surface area contributed by atoms with Gasteiger partial charge in [0, 0.05) is 6.42 Å². The predicted molar refractivity (Wildman–Crippen MR) is 123 cm³/mol. The van der Waals surface area contributed by atoms with Crippen LogP contribution in [0.5, 0.6) is 11.5 Å². The third-order valence-corrected chi connectivity index (χ3v) is 5.53. The first kappa shape index (κ1) is 23.6. The summed E-state index contributed by atoms with van der Waals surface area (Å²) in [7, 11) is 0. The Kier molecular flexibility index (Phi) is 8.11. The molecule has 1 fully saturated rings. The molecule has 3 N–H and O–H groups in total. The van der Waals surface area contributed by atoms with Crippen molar-refractivity contribution in [1.29, 1.82) is 0 Å². The van der Waals surface area contributed by atoms with Gasteiger partial charge in [0.1, 0.15) is 30.3 Å². The van der Waals surface area contributed by atoms with E-state index in [-0.39, 0.29) is 29.9 Å². The van der Waals surface area contributed by atoms with Crippen LogP contribution in [0.1, 0.15) is 27.2 Å². The van der Waals surface area contributed by atoms with E-state index >= 15 is 0 Å². The molecular weight excluding hydrogens is 406 g/mol. The summed E-state index contributed by atoms with van der Waals surface area (Å²) >= 11 is 0. The molecule has 2 amide bonds. The molecule has 0 spiro atoms. The van der Waals surface area contributed by atoms with Crippen LogP contribution < -0.4 is 20.5 Å². The Hall–Kier alpha value is -3.06. The lowest BCUT2D eigenvalue weighted by molar-refractivity contribution is -0.139. The lowest BCUT2D eigenvalue weighted by atomic mass is 10.0. The van der Waals surface area contributed by atoms with Gasteiger partial charge in [0.2, 0.25) is 11.8 Å². The molecule has 1 aliphatic heterocycles. The van der Waals surface area contributed by atoms with E-state index in [0.717, 1.165) is 11.5 Å². The van der Waals surface area contributed by atoms with E-state index in [9.17, 15) is 9.59 Å². The van der Waals surface area contributed by atoms with Gasteiger partial charge in [-0.3, -0.25) is 9.59 Å². The molecule has 4 atom stereocenters. The topological polar surface area (TPSA) is 93.9 Å². The Morgan fingerprint density at radius 2 is 1.62 bits per heavy atom. The first-order chi connectivity index (χ1) is 15.3. The average molecular weight is 440 g/mol. The highest BCUT2D eigenvalue weighted by Gasteiger charge is 2.40. The van der Waals surface area contributed by atoms with Crippen LogP contribution >= 0.6 is 0 Å². The van der Waals surface area contributed by atoms with Gasteiger partial charge < -0.3 is 25.4 Å². The molecule has 0 aromatic heterocycles. The molecule has 1 unspecified atom stereocenters. The molecule has 1 saturated heterocycles. The number of hydrogen-bond acceptors (Lipinski definition) is 5. The van der Waals surface area contributed by atoms with Gasteiger partial charge >= 0.3 is 0 Å². The van der Waals surface area contributed by atoms with E-state index < -0.39 is 12.1 Å². The van der Waals surface area contributed by atoms with Crippen LogP contribution in [-0.4, -0.2) is 54.1 Å². The van der Waals surface area contributed by atoms with Gasteiger partial charge in [-0.15, -0.1) is 0 Å². The summed E-state index contributed by atoms with van der Waals surface area (Å²) in [5.74, 6) is 0.938. The minimum Gasteiger partial charge on any atom is -0.491 e. The van der Waals surface area contributed by atoms with E-state index in [2.05, 4.69) is 5.32 Å². The van der Waals surface area contributed by atoms with Gasteiger partial charge in [-0.2, -0.15) is 0 Å². The molecule has 1 aliphatic rings. The van der Waals surface area contributed by atoms with Gasteiger partial charge in [-0.05, 0) is 37.1 Å². The first-order valence-corrected chi connectivity index (χ1v) is 11.1. The number of amides is 2. The molecule has 2 aromatic rings. The van der Waals surface area contributed by atoms with Crippen molar-refractivity contribution in [3.8, 4) is 11.5 Å². The maximum absolute atomic E-state index is 13.5. The summed E-state index contributed by atoms with van der Waals surface area (Å²) in [5.41, 5.74) is 5.71. The number of hydrogen-bond donors (Lipinski definition) is 2. The smallest absolute Gasteiger partial charge is 0.245 e. The highest BCUT2D eigenvalue weighted by molar-refractivity contribution is 5.90. The second-order valence-electron chi connectivity index (χ2n) is 8.58. The average Bonchev–Trinajstić information content (AvgIpc) is 3.19. The van der Waals surface area contributed by atoms with Crippen LogP contribution in [0.4, 0.5) is 0 Å². The normalized spacial score (nSPS) is 20.0. The van der Waals surface area contributed by atoms with Crippen LogP contribution in [0.15, 0.2) is 60.7 Å². The van der Waals surface area contributed by atoms with E-state index in [0.29, 0.717) is 19.6 Å². The molecule has 0 radical (unpaired) electrons. The van der Waals surface area contributed by atoms with Crippen LogP contribution in [0.2, 0.25) is 0 Å². The standard InChI is InChI=1S/C25H33N3O4/c1-17(2)23(27-24(29)18(3)26)25(30)28-15-22(32-21-12-8-5-9-13-21)14-19(28)16-31-20-10-6-4-7-11-20/h4-13,17-19,22-23H,14-16,26H2,1-3H3,(H,27,29)/t18-,19-,22-,23?/m0/s1. The number of likely N-dealkylation sites (tertiary alicyclic amines) is 1. The summed E-state index contributed by atoms with van der Waals surface area (Å²) in [4.78, 5) is 27.5. The van der Waals surface area contributed by atoms with Gasteiger partial charge in [-0.1, -0.05) is 50.2 Å². The molecular formula is C25H33N3O4. The third-order valence-electron chi connectivity index (χ3n) is 5.53. The molecule has 2 aromatic carbocycles. The highest BCUT2D eigenvalue weighted by Crippen LogP contribution is 2.26. The zero-order valence-corrected chi connectivity index (χ0v) is 18.9. The second kappa shape index (κ2) is 11.0. The number of nitrogens with zero attached hydrogens (tertiary/aromatic N) is 1. The number of nitrogens with two attached hydrogens (primary N) is 1. The fraction of sp³-hybridized carbons (Fsp3) is 0.440. The second-order valence-corrected chi connectivity index (χ2v) is 8.58. The summed E-state index contributed by atoms with van der Waals surface area (Å²) in [6, 6.07) is 17.6. The number of ether oxygens (including phenoxy) is 2. The fourth-order valence-corrected chi connectivity index (χ4v) is 3.76. The Labute approximate surface area is 189 Å². The molecule has 3 rings (SSSR count). The van der Waals surface area contributed by atoms with Crippen LogP contribution in [-0.2, 0) is 9.59 Å². The first-order valence-electron chi connectivity index (χ1n) is 11.1. The SMILES string of the molecule is CC(C)C(NC(=O)[C@H](C)N)C(=O)N1C[C@@H](Oc2ccccc2)C[C@H]1COc1ccccc1. The van der Waals surface area contributed by atoms with E-state index in [1.54, 1.807) is 11.8 Å². The van der Waals surface area contributed by atoms with Crippen molar-refractivity contribution in [2.45, 2.75) is 51.4 Å². The minimum absolute atomic E-state index is 0.0880. The summed E-state index contributed by atoms with van der Waals surface area (Å²) in [6.45, 7) is 6.19. The maximum atomic E-state index is 13.5. The molecule has 0 saturated carbocycles. The highest BCUT2D eigenvalue weighted by atomic mass is 16.5. The monoisotopic (exact) mass is 439 g/mol.